The fourth-order valence-electron chi connectivity index (χ4n) is 4.69. The molecule has 0 amide bonds. The van der Waals surface area contributed by atoms with Gasteiger partial charge in [-0.2, -0.15) is 0 Å². The average molecular weight is 354 g/mol. The van der Waals surface area contributed by atoms with Crippen LogP contribution in [0.3, 0.4) is 0 Å². The van der Waals surface area contributed by atoms with Gasteiger partial charge in [0.05, 0.1) is 0 Å². The largest absolute Gasteiger partial charge is 0.372 e. The van der Waals surface area contributed by atoms with Gasteiger partial charge in [0, 0.05) is 13.0 Å². The molecule has 2 saturated carbocycles. The topological polar surface area (TPSA) is 9.23 Å². The van der Waals surface area contributed by atoms with E-state index in [2.05, 4.69) is 0 Å². The predicted octanol–water partition coefficient (Wildman–Crippen LogP) is 6.33. The van der Waals surface area contributed by atoms with Gasteiger partial charge in [-0.15, -0.1) is 0 Å². The number of rotatable bonds is 5. The van der Waals surface area contributed by atoms with E-state index in [1.54, 1.807) is 0 Å². The Labute approximate surface area is 149 Å². The molecule has 0 bridgehead atoms. The summed E-state index contributed by atoms with van der Waals surface area (Å²) in [5.41, 5.74) is 1.18. The number of hydrogen-bond acceptors (Lipinski definition) is 1. The fraction of sp³-hybridized carbons (Fsp3) is 0.714. The number of hydrogen-bond donors (Lipinski definition) is 0. The van der Waals surface area contributed by atoms with Crippen molar-refractivity contribution < 1.29 is 17.9 Å². The summed E-state index contributed by atoms with van der Waals surface area (Å²) in [6, 6.07) is 6.76. The Morgan fingerprint density at radius 3 is 2.20 bits per heavy atom. The van der Waals surface area contributed by atoms with Gasteiger partial charge >= 0.3 is 0 Å². The van der Waals surface area contributed by atoms with E-state index in [-0.39, 0.29) is 18.2 Å². The SMILES string of the molecule is CCCOC1CCC(C2CCC(c3ccc(F)cc3)CC2)CC1(F)F. The Kier molecular flexibility index (Phi) is 6.08. The lowest BCUT2D eigenvalue weighted by Crippen LogP contribution is -2.44. The summed E-state index contributed by atoms with van der Waals surface area (Å²) in [4.78, 5) is 0. The number of benzene rings is 1. The molecule has 0 N–H and O–H groups in total. The van der Waals surface area contributed by atoms with Gasteiger partial charge in [-0.05, 0) is 80.4 Å². The van der Waals surface area contributed by atoms with E-state index in [0.717, 1.165) is 38.5 Å². The summed E-state index contributed by atoms with van der Waals surface area (Å²) < 4.78 is 47.3. The number of halogens is 3. The van der Waals surface area contributed by atoms with Crippen LogP contribution < -0.4 is 0 Å². The Balaban J connectivity index is 1.52. The third-order valence-corrected chi connectivity index (χ3v) is 6.11. The Morgan fingerprint density at radius 2 is 1.60 bits per heavy atom. The smallest absolute Gasteiger partial charge is 0.274 e. The molecule has 0 aliphatic heterocycles. The number of alkyl halides is 2. The minimum absolute atomic E-state index is 0.0206. The Morgan fingerprint density at radius 1 is 0.960 bits per heavy atom. The highest BCUT2D eigenvalue weighted by Gasteiger charge is 2.47. The van der Waals surface area contributed by atoms with Crippen LogP contribution in [0, 0.1) is 17.7 Å². The van der Waals surface area contributed by atoms with Gasteiger partial charge in [-0.25, -0.2) is 13.2 Å². The van der Waals surface area contributed by atoms with E-state index >= 15 is 0 Å². The van der Waals surface area contributed by atoms with Crippen LogP contribution in [0.4, 0.5) is 13.2 Å². The van der Waals surface area contributed by atoms with Crippen molar-refractivity contribution in [1.29, 1.82) is 0 Å². The van der Waals surface area contributed by atoms with Crippen molar-refractivity contribution in [2.75, 3.05) is 6.61 Å². The van der Waals surface area contributed by atoms with Crippen molar-refractivity contribution in [1.82, 2.24) is 0 Å². The van der Waals surface area contributed by atoms with Gasteiger partial charge in [0.15, 0.2) is 0 Å². The predicted molar refractivity (Wildman–Crippen MR) is 93.4 cm³/mol. The highest BCUT2D eigenvalue weighted by Crippen LogP contribution is 2.47. The molecule has 2 atom stereocenters. The molecule has 0 saturated heterocycles. The van der Waals surface area contributed by atoms with Gasteiger partial charge in [0.25, 0.3) is 5.92 Å². The Hall–Kier alpha value is -1.03. The third kappa shape index (κ3) is 4.58. The molecule has 4 heteroatoms. The van der Waals surface area contributed by atoms with E-state index < -0.39 is 12.0 Å². The van der Waals surface area contributed by atoms with E-state index in [9.17, 15) is 13.2 Å². The first-order valence-electron chi connectivity index (χ1n) is 9.74. The first-order valence-corrected chi connectivity index (χ1v) is 9.74. The van der Waals surface area contributed by atoms with Gasteiger partial charge in [-0.3, -0.25) is 0 Å². The maximum atomic E-state index is 14.4. The van der Waals surface area contributed by atoms with Crippen LogP contribution in [0.5, 0.6) is 0 Å². The van der Waals surface area contributed by atoms with Gasteiger partial charge in [0.1, 0.15) is 11.9 Å². The van der Waals surface area contributed by atoms with E-state index in [1.807, 2.05) is 19.1 Å². The molecule has 3 rings (SSSR count). The first kappa shape index (κ1) is 18.8. The van der Waals surface area contributed by atoms with Crippen molar-refractivity contribution in [3.05, 3.63) is 35.6 Å². The lowest BCUT2D eigenvalue weighted by Gasteiger charge is -2.41. The minimum atomic E-state index is -2.69. The van der Waals surface area contributed by atoms with Crippen LogP contribution in [-0.4, -0.2) is 18.6 Å². The first-order chi connectivity index (χ1) is 12.0. The molecule has 25 heavy (non-hydrogen) atoms. The minimum Gasteiger partial charge on any atom is -0.372 e. The van der Waals surface area contributed by atoms with Crippen molar-refractivity contribution in [3.8, 4) is 0 Å². The summed E-state index contributed by atoms with van der Waals surface area (Å²) >= 11 is 0. The molecule has 0 aromatic heterocycles. The maximum absolute atomic E-state index is 14.4. The normalized spacial score (nSPS) is 32.5. The molecule has 1 aromatic rings. The van der Waals surface area contributed by atoms with Crippen LogP contribution in [-0.2, 0) is 4.74 Å². The quantitative estimate of drug-likeness (QED) is 0.600. The number of ether oxygens (including phenoxy) is 1. The zero-order valence-corrected chi connectivity index (χ0v) is 15.0. The van der Waals surface area contributed by atoms with Gasteiger partial charge in [-0.1, -0.05) is 19.1 Å². The Bertz CT molecular complexity index is 535. The van der Waals surface area contributed by atoms with Crippen LogP contribution >= 0.6 is 0 Å². The van der Waals surface area contributed by atoms with E-state index in [4.69, 9.17) is 4.74 Å². The van der Waals surface area contributed by atoms with Crippen molar-refractivity contribution in [2.45, 2.75) is 76.2 Å². The molecule has 0 radical (unpaired) electrons. The molecule has 0 spiro atoms. The molecule has 0 heterocycles. The van der Waals surface area contributed by atoms with Crippen molar-refractivity contribution in [2.24, 2.45) is 11.8 Å². The maximum Gasteiger partial charge on any atom is 0.274 e. The third-order valence-electron chi connectivity index (χ3n) is 6.11. The lowest BCUT2D eigenvalue weighted by atomic mass is 9.68. The molecule has 140 valence electrons. The average Bonchev–Trinajstić information content (AvgIpc) is 2.61. The second kappa shape index (κ2) is 8.11. The van der Waals surface area contributed by atoms with Gasteiger partial charge in [0.2, 0.25) is 0 Å². The standard InChI is InChI=1S/C21H29F3O/c1-2-13-25-20-12-9-18(14-21(20,23)24)17-5-3-15(4-6-17)16-7-10-19(22)11-8-16/h7-8,10-11,15,17-18,20H,2-6,9,12-14H2,1H3. The molecule has 2 fully saturated rings. The van der Waals surface area contributed by atoms with Crippen LogP contribution in [0.15, 0.2) is 24.3 Å². The summed E-state index contributed by atoms with van der Waals surface area (Å²) in [6.45, 7) is 2.37. The van der Waals surface area contributed by atoms with Crippen molar-refractivity contribution >= 4 is 0 Å². The fourth-order valence-corrected chi connectivity index (χ4v) is 4.69. The summed E-state index contributed by atoms with van der Waals surface area (Å²) in [6.07, 6.45) is 5.26. The summed E-state index contributed by atoms with van der Waals surface area (Å²) in [7, 11) is 0. The van der Waals surface area contributed by atoms with E-state index in [0.29, 0.717) is 24.9 Å². The molecule has 1 aromatic carbocycles. The summed E-state index contributed by atoms with van der Waals surface area (Å²) in [5, 5.41) is 0. The van der Waals surface area contributed by atoms with Crippen molar-refractivity contribution in [3.63, 3.8) is 0 Å². The van der Waals surface area contributed by atoms with Crippen LogP contribution in [0.1, 0.15) is 69.8 Å². The molecular weight excluding hydrogens is 325 g/mol. The van der Waals surface area contributed by atoms with Crippen LogP contribution in [0.2, 0.25) is 0 Å². The highest BCUT2D eigenvalue weighted by molar-refractivity contribution is 5.21. The molecule has 2 aliphatic rings. The van der Waals surface area contributed by atoms with Crippen LogP contribution in [0.25, 0.3) is 0 Å². The zero-order chi connectivity index (χ0) is 17.9. The molecule has 1 nitrogen and oxygen atoms in total. The second-order valence-electron chi connectivity index (χ2n) is 7.83. The van der Waals surface area contributed by atoms with E-state index in [1.165, 1.54) is 17.7 Å². The molecule has 2 aliphatic carbocycles. The molecular formula is C21H29F3O. The monoisotopic (exact) mass is 354 g/mol. The zero-order valence-electron chi connectivity index (χ0n) is 15.0. The highest BCUT2D eigenvalue weighted by atomic mass is 19.3. The molecule has 2 unspecified atom stereocenters. The van der Waals surface area contributed by atoms with Gasteiger partial charge < -0.3 is 4.74 Å². The lowest BCUT2D eigenvalue weighted by molar-refractivity contribution is -0.174. The second-order valence-corrected chi connectivity index (χ2v) is 7.83. The summed E-state index contributed by atoms with van der Waals surface area (Å²) in [5.74, 6) is -1.94.